The van der Waals surface area contributed by atoms with Crippen LogP contribution in [0.3, 0.4) is 0 Å². The molecule has 0 spiro atoms. The maximum atomic E-state index is 13.1. The van der Waals surface area contributed by atoms with Crippen LogP contribution in [0.4, 0.5) is 11.4 Å². The van der Waals surface area contributed by atoms with Crippen molar-refractivity contribution in [1.82, 2.24) is 0 Å². The van der Waals surface area contributed by atoms with Crippen molar-refractivity contribution in [2.24, 2.45) is 0 Å². The van der Waals surface area contributed by atoms with Crippen LogP contribution in [0.25, 0.3) is 0 Å². The lowest BCUT2D eigenvalue weighted by molar-refractivity contribution is -0.384. The van der Waals surface area contributed by atoms with Gasteiger partial charge < -0.3 is 9.47 Å². The molecule has 0 aliphatic carbocycles. The van der Waals surface area contributed by atoms with Crippen molar-refractivity contribution < 1.29 is 22.8 Å². The smallest absolute Gasteiger partial charge is 0.271 e. The van der Waals surface area contributed by atoms with Crippen molar-refractivity contribution in [3.8, 4) is 11.5 Å². The number of hydrogen-bond donors (Lipinski definition) is 0. The molecule has 3 rings (SSSR count). The van der Waals surface area contributed by atoms with Crippen LogP contribution in [-0.4, -0.2) is 33.1 Å². The van der Waals surface area contributed by atoms with Crippen molar-refractivity contribution in [3.63, 3.8) is 0 Å². The highest BCUT2D eigenvalue weighted by Crippen LogP contribution is 2.35. The van der Waals surface area contributed by atoms with E-state index in [1.165, 1.54) is 30.3 Å². The normalized spacial score (nSPS) is 13.3. The number of nitro groups is 1. The van der Waals surface area contributed by atoms with Crippen LogP contribution in [0, 0.1) is 17.0 Å². The molecule has 1 aliphatic heterocycles. The Kier molecular flexibility index (Phi) is 4.73. The molecule has 0 aromatic heterocycles. The Morgan fingerprint density at radius 3 is 2.46 bits per heavy atom. The zero-order chi connectivity index (χ0) is 18.9. The van der Waals surface area contributed by atoms with Gasteiger partial charge in [0, 0.05) is 24.7 Å². The molecule has 0 fully saturated rings. The Labute approximate surface area is 151 Å². The molecule has 0 N–H and O–H groups in total. The molecule has 0 saturated heterocycles. The van der Waals surface area contributed by atoms with E-state index < -0.39 is 14.9 Å². The molecule has 0 radical (unpaired) electrons. The summed E-state index contributed by atoms with van der Waals surface area (Å²) in [5.41, 5.74) is 0.733. The van der Waals surface area contributed by atoms with E-state index in [1.54, 1.807) is 19.9 Å². The van der Waals surface area contributed by atoms with E-state index in [4.69, 9.17) is 9.47 Å². The molecule has 2 aromatic carbocycles. The minimum atomic E-state index is -3.93. The fourth-order valence-electron chi connectivity index (χ4n) is 2.76. The van der Waals surface area contributed by atoms with Gasteiger partial charge >= 0.3 is 0 Å². The number of benzene rings is 2. The van der Waals surface area contributed by atoms with Crippen LogP contribution in [0.15, 0.2) is 41.3 Å². The first-order chi connectivity index (χ1) is 12.3. The summed E-state index contributed by atoms with van der Waals surface area (Å²) < 4.78 is 38.3. The SMILES string of the molecule is CCN(c1cc([N+](=O)[O-])ccc1C)S(=O)(=O)c1ccc2c(c1)OCCO2. The predicted molar refractivity (Wildman–Crippen MR) is 95.5 cm³/mol. The van der Waals surface area contributed by atoms with E-state index in [0.717, 1.165) is 4.31 Å². The highest BCUT2D eigenvalue weighted by atomic mass is 32.2. The molecule has 26 heavy (non-hydrogen) atoms. The Balaban J connectivity index is 2.07. The van der Waals surface area contributed by atoms with E-state index >= 15 is 0 Å². The van der Waals surface area contributed by atoms with Gasteiger partial charge in [0.25, 0.3) is 15.7 Å². The third-order valence-electron chi connectivity index (χ3n) is 4.06. The number of rotatable bonds is 5. The van der Waals surface area contributed by atoms with Gasteiger partial charge in [-0.05, 0) is 31.5 Å². The molecule has 138 valence electrons. The summed E-state index contributed by atoms with van der Waals surface area (Å²) >= 11 is 0. The second kappa shape index (κ2) is 6.83. The quantitative estimate of drug-likeness (QED) is 0.586. The van der Waals surface area contributed by atoms with Crippen LogP contribution in [0.1, 0.15) is 12.5 Å². The fraction of sp³-hybridized carbons (Fsp3) is 0.294. The predicted octanol–water partition coefficient (Wildman–Crippen LogP) is 2.89. The summed E-state index contributed by atoms with van der Waals surface area (Å²) in [6.45, 7) is 4.26. The average molecular weight is 378 g/mol. The minimum absolute atomic E-state index is 0.0366. The molecule has 2 aromatic rings. The van der Waals surface area contributed by atoms with Crippen molar-refractivity contribution in [2.45, 2.75) is 18.7 Å². The first kappa shape index (κ1) is 18.0. The van der Waals surface area contributed by atoms with Crippen molar-refractivity contribution in [2.75, 3.05) is 24.1 Å². The molecule has 8 nitrogen and oxygen atoms in total. The third-order valence-corrected chi connectivity index (χ3v) is 5.95. The topological polar surface area (TPSA) is 99.0 Å². The lowest BCUT2D eigenvalue weighted by atomic mass is 10.2. The Morgan fingerprint density at radius 1 is 1.12 bits per heavy atom. The first-order valence-electron chi connectivity index (χ1n) is 8.02. The highest BCUT2D eigenvalue weighted by molar-refractivity contribution is 7.92. The number of ether oxygens (including phenoxy) is 2. The number of fused-ring (bicyclic) bond motifs is 1. The van der Waals surface area contributed by atoms with Crippen molar-refractivity contribution >= 4 is 21.4 Å². The number of anilines is 1. The summed E-state index contributed by atoms with van der Waals surface area (Å²) in [5.74, 6) is 0.855. The van der Waals surface area contributed by atoms with Gasteiger partial charge in [-0.25, -0.2) is 8.42 Å². The van der Waals surface area contributed by atoms with Crippen LogP contribution in [0.5, 0.6) is 11.5 Å². The molecule has 0 unspecified atom stereocenters. The number of non-ortho nitro benzene ring substituents is 1. The van der Waals surface area contributed by atoms with Crippen LogP contribution in [-0.2, 0) is 10.0 Å². The lowest BCUT2D eigenvalue weighted by Gasteiger charge is -2.25. The van der Waals surface area contributed by atoms with Gasteiger partial charge in [-0.1, -0.05) is 6.07 Å². The second-order valence-corrected chi connectivity index (χ2v) is 7.57. The molecule has 0 atom stereocenters. The molecule has 9 heteroatoms. The van der Waals surface area contributed by atoms with Gasteiger partial charge in [-0.3, -0.25) is 14.4 Å². The standard InChI is InChI=1S/C17H18N2O6S/c1-3-18(15-10-13(19(20)21)5-4-12(15)2)26(22,23)14-6-7-16-17(11-14)25-9-8-24-16/h4-7,10-11H,3,8-9H2,1-2H3. The maximum Gasteiger partial charge on any atom is 0.271 e. The molecule has 1 aliphatic rings. The summed E-state index contributed by atoms with van der Waals surface area (Å²) in [4.78, 5) is 10.6. The zero-order valence-corrected chi connectivity index (χ0v) is 15.2. The van der Waals surface area contributed by atoms with E-state index in [2.05, 4.69) is 0 Å². The molecular weight excluding hydrogens is 360 g/mol. The monoisotopic (exact) mass is 378 g/mol. The third kappa shape index (κ3) is 3.17. The van der Waals surface area contributed by atoms with E-state index in [1.807, 2.05) is 0 Å². The van der Waals surface area contributed by atoms with Crippen LogP contribution < -0.4 is 13.8 Å². The van der Waals surface area contributed by atoms with Gasteiger partial charge in [0.2, 0.25) is 0 Å². The molecule has 0 amide bonds. The minimum Gasteiger partial charge on any atom is -0.486 e. The Hall–Kier alpha value is -2.81. The van der Waals surface area contributed by atoms with Crippen molar-refractivity contribution in [3.05, 3.63) is 52.1 Å². The summed E-state index contributed by atoms with van der Waals surface area (Å²) in [6, 6.07) is 8.57. The van der Waals surface area contributed by atoms with Crippen molar-refractivity contribution in [1.29, 1.82) is 0 Å². The molecule has 0 saturated carbocycles. The number of hydrogen-bond acceptors (Lipinski definition) is 6. The molecular formula is C17H18N2O6S. The van der Waals surface area contributed by atoms with Gasteiger partial charge in [-0.2, -0.15) is 0 Å². The summed E-state index contributed by atoms with van der Waals surface area (Å²) in [6.07, 6.45) is 0. The average Bonchev–Trinajstić information content (AvgIpc) is 2.63. The van der Waals surface area contributed by atoms with Gasteiger partial charge in [0.15, 0.2) is 11.5 Å². The maximum absolute atomic E-state index is 13.1. The fourth-order valence-corrected chi connectivity index (χ4v) is 4.31. The number of nitro benzene ring substituents is 1. The zero-order valence-electron chi connectivity index (χ0n) is 14.3. The van der Waals surface area contributed by atoms with E-state index in [-0.39, 0.29) is 22.8 Å². The summed E-state index contributed by atoms with van der Waals surface area (Å²) in [5, 5.41) is 11.1. The van der Waals surface area contributed by atoms with Crippen LogP contribution in [0.2, 0.25) is 0 Å². The Morgan fingerprint density at radius 2 is 1.81 bits per heavy atom. The Bertz CT molecular complexity index is 958. The van der Waals surface area contributed by atoms with Gasteiger partial charge in [0.05, 0.1) is 15.5 Å². The number of sulfonamides is 1. The van der Waals surface area contributed by atoms with E-state index in [9.17, 15) is 18.5 Å². The lowest BCUT2D eigenvalue weighted by Crippen LogP contribution is -2.31. The number of aryl methyl sites for hydroxylation is 1. The van der Waals surface area contributed by atoms with E-state index in [0.29, 0.717) is 30.3 Å². The van der Waals surface area contributed by atoms with Gasteiger partial charge in [-0.15, -0.1) is 0 Å². The first-order valence-corrected chi connectivity index (χ1v) is 9.46. The summed E-state index contributed by atoms with van der Waals surface area (Å²) in [7, 11) is -3.93. The second-order valence-electron chi connectivity index (χ2n) is 5.70. The molecule has 0 bridgehead atoms. The highest BCUT2D eigenvalue weighted by Gasteiger charge is 2.28. The number of nitrogens with zero attached hydrogens (tertiary/aromatic N) is 2. The van der Waals surface area contributed by atoms with Gasteiger partial charge in [0.1, 0.15) is 13.2 Å². The van der Waals surface area contributed by atoms with Crippen LogP contribution >= 0.6 is 0 Å². The molecule has 1 heterocycles. The largest absolute Gasteiger partial charge is 0.486 e.